The molecule has 0 aliphatic heterocycles. The van der Waals surface area contributed by atoms with Crippen LogP contribution in [0.25, 0.3) is 0 Å². The zero-order valence-corrected chi connectivity index (χ0v) is 49.7. The average molecular weight is 1060 g/mol. The Labute approximate surface area is 458 Å². The monoisotopic (exact) mass is 1060 g/mol. The summed E-state index contributed by atoms with van der Waals surface area (Å²) in [7, 11) is -4.38. The van der Waals surface area contributed by atoms with Gasteiger partial charge in [-0.25, -0.2) is 4.57 Å². The molecule has 0 heterocycles. The van der Waals surface area contributed by atoms with Gasteiger partial charge in [-0.15, -0.1) is 0 Å². The number of esters is 2. The molecule has 436 valence electrons. The number of carbonyl (C=O) groups is 2. The molecule has 3 N–H and O–H groups in total. The summed E-state index contributed by atoms with van der Waals surface area (Å²) < 4.78 is 33.0. The molecule has 0 bridgehead atoms. The summed E-state index contributed by atoms with van der Waals surface area (Å²) in [5.74, 6) is -0.824. The topological polar surface area (TPSA) is 134 Å². The molecular formula is C64H122NO8P. The van der Waals surface area contributed by atoms with Crippen LogP contribution in [0.15, 0.2) is 36.5 Å². The maximum Gasteiger partial charge on any atom is 0.472 e. The van der Waals surface area contributed by atoms with Gasteiger partial charge >= 0.3 is 19.8 Å². The molecule has 2 atom stereocenters. The van der Waals surface area contributed by atoms with E-state index in [0.717, 1.165) is 57.8 Å². The summed E-state index contributed by atoms with van der Waals surface area (Å²) in [4.78, 5) is 35.1. The van der Waals surface area contributed by atoms with Gasteiger partial charge in [0.05, 0.1) is 13.2 Å². The molecule has 0 aliphatic rings. The Morgan fingerprint density at radius 3 is 1.07 bits per heavy atom. The molecule has 74 heavy (non-hydrogen) atoms. The van der Waals surface area contributed by atoms with E-state index in [-0.39, 0.29) is 38.6 Å². The Hall–Kier alpha value is -1.77. The van der Waals surface area contributed by atoms with Crippen LogP contribution in [-0.4, -0.2) is 49.3 Å². The second kappa shape index (κ2) is 60.5. The molecule has 0 spiro atoms. The first kappa shape index (κ1) is 72.2. The fourth-order valence-electron chi connectivity index (χ4n) is 9.49. The van der Waals surface area contributed by atoms with Crippen molar-refractivity contribution in [2.75, 3.05) is 26.4 Å². The molecule has 0 fully saturated rings. The lowest BCUT2D eigenvalue weighted by Gasteiger charge is -2.19. The van der Waals surface area contributed by atoms with Crippen LogP contribution in [0.5, 0.6) is 0 Å². The highest BCUT2D eigenvalue weighted by molar-refractivity contribution is 7.47. The van der Waals surface area contributed by atoms with Crippen molar-refractivity contribution in [1.82, 2.24) is 0 Å². The van der Waals surface area contributed by atoms with E-state index in [1.165, 1.54) is 238 Å². The molecule has 9 nitrogen and oxygen atoms in total. The third-order valence-corrected chi connectivity index (χ3v) is 15.2. The third kappa shape index (κ3) is 59.5. The van der Waals surface area contributed by atoms with Crippen LogP contribution in [-0.2, 0) is 32.7 Å². The van der Waals surface area contributed by atoms with Gasteiger partial charge in [0.2, 0.25) is 0 Å². The quantitative estimate of drug-likeness (QED) is 0.0264. The van der Waals surface area contributed by atoms with Gasteiger partial charge in [-0.05, 0) is 70.6 Å². The van der Waals surface area contributed by atoms with Crippen molar-refractivity contribution in [2.45, 2.75) is 335 Å². The molecule has 0 aromatic rings. The molecule has 0 amide bonds. The second-order valence-corrected chi connectivity index (χ2v) is 23.1. The van der Waals surface area contributed by atoms with Crippen LogP contribution >= 0.6 is 7.82 Å². The minimum absolute atomic E-state index is 0.0544. The first-order valence-corrected chi connectivity index (χ1v) is 33.5. The summed E-state index contributed by atoms with van der Waals surface area (Å²) >= 11 is 0. The maximum absolute atomic E-state index is 12.7. The molecule has 0 aliphatic carbocycles. The van der Waals surface area contributed by atoms with Crippen molar-refractivity contribution < 1.29 is 37.6 Å². The van der Waals surface area contributed by atoms with Crippen LogP contribution in [0, 0.1) is 0 Å². The van der Waals surface area contributed by atoms with Gasteiger partial charge in [-0.1, -0.05) is 281 Å². The molecule has 0 saturated heterocycles. The SMILES string of the molecule is CCCCC/C=C\CCCCCCCC(=O)OCC(COP(=O)(O)OCCN)OC(=O)CCCCCCCCCCCCCCCCCCCCCCCCCCCCCCC/C=C\C/C=C\CCCCCCC. The van der Waals surface area contributed by atoms with Crippen molar-refractivity contribution in [2.24, 2.45) is 5.73 Å². The van der Waals surface area contributed by atoms with E-state index in [9.17, 15) is 19.0 Å². The number of carbonyl (C=O) groups excluding carboxylic acids is 2. The van der Waals surface area contributed by atoms with Gasteiger partial charge in [0.1, 0.15) is 6.61 Å². The van der Waals surface area contributed by atoms with E-state index >= 15 is 0 Å². The molecule has 0 rings (SSSR count). The van der Waals surface area contributed by atoms with E-state index < -0.39 is 26.5 Å². The van der Waals surface area contributed by atoms with E-state index in [4.69, 9.17) is 24.3 Å². The zero-order chi connectivity index (χ0) is 53.8. The van der Waals surface area contributed by atoms with Crippen molar-refractivity contribution in [1.29, 1.82) is 0 Å². The Morgan fingerprint density at radius 2 is 0.703 bits per heavy atom. The van der Waals surface area contributed by atoms with Crippen molar-refractivity contribution >= 4 is 19.8 Å². The number of rotatable bonds is 61. The number of hydrogen-bond acceptors (Lipinski definition) is 8. The average Bonchev–Trinajstić information content (AvgIpc) is 3.39. The van der Waals surface area contributed by atoms with Gasteiger partial charge < -0.3 is 20.1 Å². The van der Waals surface area contributed by atoms with Crippen LogP contribution in [0.3, 0.4) is 0 Å². The summed E-state index contributed by atoms with van der Waals surface area (Å²) in [6, 6.07) is 0. The first-order chi connectivity index (χ1) is 36.3. The standard InChI is InChI=1S/C64H122NO8P/c1-3-5-7-9-11-13-15-17-18-19-20-21-22-23-24-25-26-27-28-29-30-31-32-33-34-35-36-37-38-39-40-41-42-43-44-45-47-49-51-53-55-57-64(67)73-62(61-72-74(68,69)71-59-58-65)60-70-63(66)56-54-52-50-48-46-16-14-12-10-8-6-4-2/h12,14-15,17,19-20,62H,3-11,13,16,18,21-61,65H2,1-2H3,(H,68,69)/b14-12-,17-15-,20-19-. The lowest BCUT2D eigenvalue weighted by atomic mass is 10.0. The minimum atomic E-state index is -4.38. The number of allylic oxidation sites excluding steroid dienone is 6. The molecule has 10 heteroatoms. The van der Waals surface area contributed by atoms with Gasteiger partial charge in [0.25, 0.3) is 0 Å². The summed E-state index contributed by atoms with van der Waals surface area (Å²) in [6.45, 7) is 3.73. The predicted molar refractivity (Wildman–Crippen MR) is 317 cm³/mol. The lowest BCUT2D eigenvalue weighted by Crippen LogP contribution is -2.29. The largest absolute Gasteiger partial charge is 0.472 e. The van der Waals surface area contributed by atoms with Gasteiger partial charge in [-0.2, -0.15) is 0 Å². The Morgan fingerprint density at radius 1 is 0.405 bits per heavy atom. The van der Waals surface area contributed by atoms with E-state index in [1.807, 2.05) is 0 Å². The Bertz CT molecular complexity index is 1310. The fourth-order valence-corrected chi connectivity index (χ4v) is 10.3. The normalized spacial score (nSPS) is 13.2. The lowest BCUT2D eigenvalue weighted by molar-refractivity contribution is -0.161. The van der Waals surface area contributed by atoms with Crippen LogP contribution in [0.1, 0.15) is 328 Å². The molecule has 0 aromatic heterocycles. The molecular weight excluding hydrogens is 942 g/mol. The Balaban J connectivity index is 3.68. The van der Waals surface area contributed by atoms with E-state index in [2.05, 4.69) is 50.3 Å². The zero-order valence-electron chi connectivity index (χ0n) is 48.8. The number of hydrogen-bond donors (Lipinski definition) is 2. The highest BCUT2D eigenvalue weighted by atomic mass is 31.2. The smallest absolute Gasteiger partial charge is 0.462 e. The molecule has 0 aromatic carbocycles. The van der Waals surface area contributed by atoms with Crippen molar-refractivity contribution in [3.05, 3.63) is 36.5 Å². The minimum Gasteiger partial charge on any atom is -0.462 e. The van der Waals surface area contributed by atoms with Crippen LogP contribution in [0.2, 0.25) is 0 Å². The highest BCUT2D eigenvalue weighted by Crippen LogP contribution is 2.43. The maximum atomic E-state index is 12.7. The number of ether oxygens (including phenoxy) is 2. The van der Waals surface area contributed by atoms with E-state index in [1.54, 1.807) is 0 Å². The van der Waals surface area contributed by atoms with Gasteiger partial charge in [0.15, 0.2) is 6.10 Å². The van der Waals surface area contributed by atoms with Crippen molar-refractivity contribution in [3.8, 4) is 0 Å². The number of phosphoric ester groups is 1. The number of phosphoric acid groups is 1. The second-order valence-electron chi connectivity index (χ2n) is 21.6. The summed E-state index contributed by atoms with van der Waals surface area (Å²) in [5, 5.41) is 0. The van der Waals surface area contributed by atoms with E-state index in [0.29, 0.717) is 6.42 Å². The van der Waals surface area contributed by atoms with Crippen LogP contribution in [0.4, 0.5) is 0 Å². The number of unbranched alkanes of at least 4 members (excludes halogenated alkanes) is 42. The van der Waals surface area contributed by atoms with Crippen LogP contribution < -0.4 is 5.73 Å². The predicted octanol–water partition coefficient (Wildman–Crippen LogP) is 20.4. The van der Waals surface area contributed by atoms with Crippen molar-refractivity contribution in [3.63, 3.8) is 0 Å². The fraction of sp³-hybridized carbons (Fsp3) is 0.875. The molecule has 0 radical (unpaired) electrons. The number of nitrogens with two attached hydrogens (primary N) is 1. The summed E-state index contributed by atoms with van der Waals surface area (Å²) in [5.41, 5.74) is 5.37. The van der Waals surface area contributed by atoms with Gasteiger partial charge in [-0.3, -0.25) is 18.6 Å². The first-order valence-electron chi connectivity index (χ1n) is 32.0. The summed E-state index contributed by atoms with van der Waals surface area (Å²) in [6.07, 6.45) is 74.0. The molecule has 2 unspecified atom stereocenters. The molecule has 0 saturated carbocycles. The third-order valence-electron chi connectivity index (χ3n) is 14.2. The van der Waals surface area contributed by atoms with Gasteiger partial charge in [0, 0.05) is 19.4 Å². The Kier molecular flexibility index (Phi) is 59.0. The highest BCUT2D eigenvalue weighted by Gasteiger charge is 2.26.